The van der Waals surface area contributed by atoms with Gasteiger partial charge >= 0.3 is 5.97 Å². The zero-order valence-corrected chi connectivity index (χ0v) is 13.6. The number of rotatable bonds is 5. The molecule has 0 aliphatic heterocycles. The number of carbonyl (C=O) groups is 1. The molecule has 3 aromatic rings. The van der Waals surface area contributed by atoms with Crippen molar-refractivity contribution in [2.75, 3.05) is 7.11 Å². The van der Waals surface area contributed by atoms with Crippen LogP contribution in [0, 0.1) is 17.0 Å². The summed E-state index contributed by atoms with van der Waals surface area (Å²) in [7, 11) is 1.44. The van der Waals surface area contributed by atoms with E-state index in [0.29, 0.717) is 22.5 Å². The number of nitro benzene ring substituents is 1. The summed E-state index contributed by atoms with van der Waals surface area (Å²) >= 11 is 0. The first kappa shape index (κ1) is 16.5. The monoisotopic (exact) mass is 341 g/mol. The van der Waals surface area contributed by atoms with Gasteiger partial charge in [0.1, 0.15) is 17.9 Å². The Hall–Kier alpha value is -3.35. The first-order chi connectivity index (χ1) is 12.0. The third-order valence-corrected chi connectivity index (χ3v) is 3.86. The molecule has 0 N–H and O–H groups in total. The number of carbonyl (C=O) groups excluding carboxylic acids is 1. The molecular formula is C18H15NO6. The number of aryl methyl sites for hydroxylation is 1. The van der Waals surface area contributed by atoms with Crippen molar-refractivity contribution in [1.82, 2.24) is 0 Å². The lowest BCUT2D eigenvalue weighted by Crippen LogP contribution is -2.06. The number of ether oxygens (including phenoxy) is 2. The van der Waals surface area contributed by atoms with Crippen LogP contribution in [0.15, 0.2) is 46.9 Å². The van der Waals surface area contributed by atoms with Gasteiger partial charge in [0.05, 0.1) is 12.0 Å². The highest BCUT2D eigenvalue weighted by Gasteiger charge is 2.20. The largest absolute Gasteiger partial charge is 0.496 e. The maximum absolute atomic E-state index is 12.3. The summed E-state index contributed by atoms with van der Waals surface area (Å²) in [6.07, 6.45) is 0. The summed E-state index contributed by atoms with van der Waals surface area (Å²) in [6.45, 7) is 1.61. The number of hydrogen-bond acceptors (Lipinski definition) is 6. The second-order valence-corrected chi connectivity index (χ2v) is 5.38. The van der Waals surface area contributed by atoms with Gasteiger partial charge in [0.15, 0.2) is 0 Å². The van der Waals surface area contributed by atoms with Crippen LogP contribution in [-0.2, 0) is 11.3 Å². The lowest BCUT2D eigenvalue weighted by atomic mass is 10.1. The van der Waals surface area contributed by atoms with Crippen molar-refractivity contribution in [3.63, 3.8) is 0 Å². The topological polar surface area (TPSA) is 91.8 Å². The van der Waals surface area contributed by atoms with Crippen LogP contribution in [0.1, 0.15) is 21.7 Å². The highest BCUT2D eigenvalue weighted by atomic mass is 16.6. The summed E-state index contributed by atoms with van der Waals surface area (Å²) in [5, 5.41) is 11.7. The van der Waals surface area contributed by atoms with Crippen molar-refractivity contribution < 1.29 is 23.6 Å². The van der Waals surface area contributed by atoms with Crippen molar-refractivity contribution in [1.29, 1.82) is 0 Å². The Morgan fingerprint density at radius 1 is 1.24 bits per heavy atom. The van der Waals surface area contributed by atoms with Crippen molar-refractivity contribution in [2.24, 2.45) is 0 Å². The molecule has 0 spiro atoms. The highest BCUT2D eigenvalue weighted by molar-refractivity contribution is 5.95. The molecule has 0 amide bonds. The summed E-state index contributed by atoms with van der Waals surface area (Å²) in [5.74, 6) is -0.118. The van der Waals surface area contributed by atoms with Gasteiger partial charge in [0.2, 0.25) is 5.76 Å². The lowest BCUT2D eigenvalue weighted by Gasteiger charge is -2.08. The second-order valence-electron chi connectivity index (χ2n) is 5.38. The average Bonchev–Trinajstić information content (AvgIpc) is 2.96. The molecule has 25 heavy (non-hydrogen) atoms. The number of furan rings is 1. The smallest absolute Gasteiger partial charge is 0.374 e. The number of non-ortho nitro benzene ring substituents is 1. The normalized spacial score (nSPS) is 10.6. The Labute approximate surface area is 142 Å². The van der Waals surface area contributed by atoms with Crippen molar-refractivity contribution >= 4 is 22.6 Å². The zero-order valence-electron chi connectivity index (χ0n) is 13.6. The van der Waals surface area contributed by atoms with Crippen LogP contribution in [0.3, 0.4) is 0 Å². The summed E-state index contributed by atoms with van der Waals surface area (Å²) in [4.78, 5) is 22.7. The van der Waals surface area contributed by atoms with Gasteiger partial charge in [-0.3, -0.25) is 10.1 Å². The number of fused-ring (bicyclic) bond motifs is 1. The van der Waals surface area contributed by atoms with E-state index in [-0.39, 0.29) is 18.1 Å². The Balaban J connectivity index is 1.83. The van der Waals surface area contributed by atoms with Crippen LogP contribution in [-0.4, -0.2) is 18.0 Å². The molecule has 0 saturated heterocycles. The van der Waals surface area contributed by atoms with E-state index in [1.807, 2.05) is 18.2 Å². The van der Waals surface area contributed by atoms with E-state index in [1.165, 1.54) is 25.3 Å². The molecule has 0 bridgehead atoms. The molecule has 3 rings (SSSR count). The lowest BCUT2D eigenvalue weighted by molar-refractivity contribution is -0.385. The van der Waals surface area contributed by atoms with E-state index in [0.717, 1.165) is 5.39 Å². The third-order valence-electron chi connectivity index (χ3n) is 3.86. The van der Waals surface area contributed by atoms with E-state index in [9.17, 15) is 14.9 Å². The molecule has 7 heteroatoms. The first-order valence-electron chi connectivity index (χ1n) is 7.48. The van der Waals surface area contributed by atoms with Crippen LogP contribution < -0.4 is 4.74 Å². The number of para-hydroxylation sites is 1. The maximum atomic E-state index is 12.3. The van der Waals surface area contributed by atoms with E-state index in [2.05, 4.69) is 0 Å². The van der Waals surface area contributed by atoms with Gasteiger partial charge in [0.25, 0.3) is 5.69 Å². The number of benzene rings is 2. The fourth-order valence-corrected chi connectivity index (χ4v) is 2.57. The average molecular weight is 341 g/mol. The number of hydrogen-bond donors (Lipinski definition) is 0. The molecule has 128 valence electrons. The Kier molecular flexibility index (Phi) is 4.38. The fourth-order valence-electron chi connectivity index (χ4n) is 2.57. The predicted octanol–water partition coefficient (Wildman–Crippen LogP) is 4.02. The fraction of sp³-hybridized carbons (Fsp3) is 0.167. The van der Waals surface area contributed by atoms with Gasteiger partial charge in [-0.05, 0) is 19.1 Å². The minimum atomic E-state index is -0.637. The van der Waals surface area contributed by atoms with Crippen molar-refractivity contribution in [2.45, 2.75) is 13.5 Å². The molecule has 7 nitrogen and oxygen atoms in total. The SMILES string of the molecule is COc1ccc([N+](=O)[O-])cc1COC(=O)c1oc2ccccc2c1C. The minimum absolute atomic E-state index is 0.105. The van der Waals surface area contributed by atoms with Crippen LogP contribution >= 0.6 is 0 Å². The number of methoxy groups -OCH3 is 1. The third kappa shape index (κ3) is 3.16. The molecule has 0 unspecified atom stereocenters. The second kappa shape index (κ2) is 6.64. The van der Waals surface area contributed by atoms with Crippen molar-refractivity contribution in [3.05, 3.63) is 69.5 Å². The zero-order chi connectivity index (χ0) is 18.0. The minimum Gasteiger partial charge on any atom is -0.496 e. The summed E-state index contributed by atoms with van der Waals surface area (Å²) < 4.78 is 16.0. The predicted molar refractivity (Wildman–Crippen MR) is 89.7 cm³/mol. The quantitative estimate of drug-likeness (QED) is 0.395. The Bertz CT molecular complexity index is 959. The van der Waals surface area contributed by atoms with Crippen molar-refractivity contribution in [3.8, 4) is 5.75 Å². The van der Waals surface area contributed by atoms with Crippen LogP contribution in [0.25, 0.3) is 11.0 Å². The molecular weight excluding hydrogens is 326 g/mol. The Morgan fingerprint density at radius 2 is 2.00 bits per heavy atom. The van der Waals surface area contributed by atoms with Gasteiger partial charge in [-0.2, -0.15) is 0 Å². The standard InChI is InChI=1S/C18H15NO6/c1-11-14-5-3-4-6-16(14)25-17(11)18(20)24-10-12-9-13(19(21)22)7-8-15(12)23-2/h3-9H,10H2,1-2H3. The molecule has 0 aliphatic rings. The number of nitrogens with zero attached hydrogens (tertiary/aromatic N) is 1. The van der Waals surface area contributed by atoms with E-state index >= 15 is 0 Å². The number of esters is 1. The first-order valence-corrected chi connectivity index (χ1v) is 7.48. The molecule has 1 aromatic heterocycles. The molecule has 0 aliphatic carbocycles. The molecule has 0 saturated carbocycles. The van der Waals surface area contributed by atoms with E-state index < -0.39 is 10.9 Å². The van der Waals surface area contributed by atoms with Gasteiger partial charge in [-0.1, -0.05) is 18.2 Å². The summed E-state index contributed by atoms with van der Waals surface area (Å²) in [5.41, 5.74) is 1.58. The van der Waals surface area contributed by atoms with Gasteiger partial charge in [0, 0.05) is 28.6 Å². The highest BCUT2D eigenvalue weighted by Crippen LogP contribution is 2.27. The van der Waals surface area contributed by atoms with Gasteiger partial charge in [-0.25, -0.2) is 4.79 Å². The molecule has 1 heterocycles. The molecule has 0 atom stereocenters. The van der Waals surface area contributed by atoms with Gasteiger partial charge < -0.3 is 13.9 Å². The molecule has 0 fully saturated rings. The van der Waals surface area contributed by atoms with Crippen LogP contribution in [0.5, 0.6) is 5.75 Å². The van der Waals surface area contributed by atoms with E-state index in [4.69, 9.17) is 13.9 Å². The van der Waals surface area contributed by atoms with Gasteiger partial charge in [-0.15, -0.1) is 0 Å². The van der Waals surface area contributed by atoms with Crippen LogP contribution in [0.2, 0.25) is 0 Å². The van der Waals surface area contributed by atoms with Crippen LogP contribution in [0.4, 0.5) is 5.69 Å². The Morgan fingerprint density at radius 3 is 2.68 bits per heavy atom. The maximum Gasteiger partial charge on any atom is 0.374 e. The molecule has 2 aromatic carbocycles. The van der Waals surface area contributed by atoms with E-state index in [1.54, 1.807) is 13.0 Å². The molecule has 0 radical (unpaired) electrons. The summed E-state index contributed by atoms with van der Waals surface area (Å²) in [6, 6.07) is 11.4. The number of nitro groups is 1.